The number of aromatic nitrogens is 7. The van der Waals surface area contributed by atoms with Crippen molar-refractivity contribution in [2.45, 2.75) is 45.4 Å². The number of hydrogen-bond acceptors (Lipinski definition) is 8. The number of benzene rings is 1. The third-order valence-corrected chi connectivity index (χ3v) is 12.2. The normalized spacial score (nSPS) is 12.4. The maximum absolute atomic E-state index is 12.9. The minimum Gasteiger partial charge on any atom is -0.415 e. The molecule has 5 aromatic rings. The summed E-state index contributed by atoms with van der Waals surface area (Å²) in [6.45, 7) is 12.2. The molecular formula is C26H29N7O2SSi. The first kappa shape index (κ1) is 25.1. The molecule has 11 heteroatoms. The third kappa shape index (κ3) is 5.02. The molecule has 0 saturated carbocycles. The van der Waals surface area contributed by atoms with Gasteiger partial charge in [0.2, 0.25) is 11.6 Å². The Morgan fingerprint density at radius 1 is 1.11 bits per heavy atom. The van der Waals surface area contributed by atoms with Crippen molar-refractivity contribution in [3.63, 3.8) is 0 Å². The number of hydrogen-bond donors (Lipinski definition) is 0. The highest BCUT2D eigenvalue weighted by atomic mass is 32.1. The van der Waals surface area contributed by atoms with Crippen LogP contribution in [0.15, 0.2) is 60.2 Å². The Labute approximate surface area is 220 Å². The van der Waals surface area contributed by atoms with Crippen LogP contribution in [0.25, 0.3) is 28.3 Å². The SMILES string of the molecule is CC(C)(C)[Si](C)(C)OCCn1nnc(-c2cccc(-c3ccnc4c(C(=O)c5cccs5)cnn34)c2)n1. The summed E-state index contributed by atoms with van der Waals surface area (Å²) in [5.74, 6) is 0.454. The highest BCUT2D eigenvalue weighted by molar-refractivity contribution is 7.12. The molecule has 37 heavy (non-hydrogen) atoms. The number of ketones is 1. The average molecular weight is 532 g/mol. The number of nitrogens with zero attached hydrogens (tertiary/aromatic N) is 7. The summed E-state index contributed by atoms with van der Waals surface area (Å²) in [4.78, 5) is 19.6. The summed E-state index contributed by atoms with van der Waals surface area (Å²) >= 11 is 1.40. The predicted octanol–water partition coefficient (Wildman–Crippen LogP) is 5.36. The zero-order chi connectivity index (χ0) is 26.2. The van der Waals surface area contributed by atoms with Gasteiger partial charge in [0.05, 0.1) is 35.5 Å². The summed E-state index contributed by atoms with van der Waals surface area (Å²) in [5.41, 5.74) is 3.55. The molecule has 4 aromatic heterocycles. The van der Waals surface area contributed by atoms with E-state index in [1.165, 1.54) is 11.3 Å². The second kappa shape index (κ2) is 9.73. The summed E-state index contributed by atoms with van der Waals surface area (Å²) < 4.78 is 7.94. The van der Waals surface area contributed by atoms with E-state index in [0.29, 0.717) is 35.1 Å². The van der Waals surface area contributed by atoms with Crippen LogP contribution in [0.5, 0.6) is 0 Å². The number of fused-ring (bicyclic) bond motifs is 1. The smallest absolute Gasteiger partial charge is 0.208 e. The number of carbonyl (C=O) groups excluding carboxylic acids is 1. The first-order valence-corrected chi connectivity index (χ1v) is 15.9. The van der Waals surface area contributed by atoms with Gasteiger partial charge in [0, 0.05) is 17.3 Å². The van der Waals surface area contributed by atoms with Gasteiger partial charge in [-0.15, -0.1) is 21.5 Å². The lowest BCUT2D eigenvalue weighted by molar-refractivity contribution is 0.104. The van der Waals surface area contributed by atoms with E-state index in [9.17, 15) is 4.79 Å². The van der Waals surface area contributed by atoms with E-state index in [-0.39, 0.29) is 10.8 Å². The molecule has 0 saturated heterocycles. The number of thiophene rings is 1. The molecule has 0 atom stereocenters. The van der Waals surface area contributed by atoms with Crippen LogP contribution in [0.4, 0.5) is 0 Å². The third-order valence-electron chi connectivity index (χ3n) is 6.82. The topological polar surface area (TPSA) is 100 Å². The van der Waals surface area contributed by atoms with Gasteiger partial charge in [-0.1, -0.05) is 45.0 Å². The molecule has 0 radical (unpaired) electrons. The zero-order valence-electron chi connectivity index (χ0n) is 21.5. The predicted molar refractivity (Wildman–Crippen MR) is 146 cm³/mol. The molecule has 0 bridgehead atoms. The molecule has 0 aliphatic rings. The fourth-order valence-corrected chi connectivity index (χ4v) is 5.39. The van der Waals surface area contributed by atoms with Gasteiger partial charge >= 0.3 is 0 Å². The van der Waals surface area contributed by atoms with E-state index in [4.69, 9.17) is 4.43 Å². The van der Waals surface area contributed by atoms with Gasteiger partial charge in [-0.25, -0.2) is 9.50 Å². The van der Waals surface area contributed by atoms with Crippen LogP contribution in [-0.2, 0) is 11.0 Å². The molecule has 4 heterocycles. The van der Waals surface area contributed by atoms with E-state index in [0.717, 1.165) is 16.8 Å². The Balaban J connectivity index is 1.37. The number of rotatable bonds is 8. The fourth-order valence-electron chi connectivity index (χ4n) is 3.68. The Hall–Kier alpha value is -3.54. The van der Waals surface area contributed by atoms with E-state index < -0.39 is 8.32 Å². The van der Waals surface area contributed by atoms with Crippen molar-refractivity contribution in [1.82, 2.24) is 34.8 Å². The Kier molecular flexibility index (Phi) is 6.61. The lowest BCUT2D eigenvalue weighted by atomic mass is 10.1. The Bertz CT molecular complexity index is 1550. The fraction of sp³-hybridized carbons (Fsp3) is 0.308. The quantitative estimate of drug-likeness (QED) is 0.196. The molecule has 0 unspecified atom stereocenters. The summed E-state index contributed by atoms with van der Waals surface area (Å²) in [7, 11) is -1.83. The zero-order valence-corrected chi connectivity index (χ0v) is 23.4. The highest BCUT2D eigenvalue weighted by Crippen LogP contribution is 2.36. The molecule has 1 aromatic carbocycles. The van der Waals surface area contributed by atoms with Gasteiger partial charge in [0.25, 0.3) is 0 Å². The minimum atomic E-state index is -1.83. The van der Waals surface area contributed by atoms with Crippen molar-refractivity contribution in [1.29, 1.82) is 0 Å². The van der Waals surface area contributed by atoms with Gasteiger partial charge in [-0.05, 0) is 46.9 Å². The van der Waals surface area contributed by atoms with Crippen molar-refractivity contribution >= 4 is 31.1 Å². The second-order valence-electron chi connectivity index (χ2n) is 10.3. The van der Waals surface area contributed by atoms with Crippen LogP contribution < -0.4 is 0 Å². The summed E-state index contributed by atoms with van der Waals surface area (Å²) in [5, 5.41) is 19.6. The van der Waals surface area contributed by atoms with E-state index >= 15 is 0 Å². The van der Waals surface area contributed by atoms with Crippen molar-refractivity contribution in [3.05, 3.63) is 70.7 Å². The first-order valence-electron chi connectivity index (χ1n) is 12.1. The second-order valence-corrected chi connectivity index (χ2v) is 16.1. The lowest BCUT2D eigenvalue weighted by Crippen LogP contribution is -2.41. The first-order chi connectivity index (χ1) is 17.6. The molecule has 0 spiro atoms. The van der Waals surface area contributed by atoms with Crippen molar-refractivity contribution in [3.8, 4) is 22.6 Å². The Morgan fingerprint density at radius 3 is 2.68 bits per heavy atom. The largest absolute Gasteiger partial charge is 0.415 e. The average Bonchev–Trinajstić information content (AvgIpc) is 3.64. The van der Waals surface area contributed by atoms with Gasteiger partial charge < -0.3 is 4.43 Å². The van der Waals surface area contributed by atoms with Gasteiger partial charge in [0.1, 0.15) is 0 Å². The van der Waals surface area contributed by atoms with Crippen LogP contribution in [-0.4, -0.2) is 55.5 Å². The van der Waals surface area contributed by atoms with E-state index in [1.54, 1.807) is 21.7 Å². The maximum atomic E-state index is 12.9. The van der Waals surface area contributed by atoms with Crippen LogP contribution in [0.2, 0.25) is 18.1 Å². The maximum Gasteiger partial charge on any atom is 0.208 e. The van der Waals surface area contributed by atoms with Crippen molar-refractivity contribution in [2.24, 2.45) is 0 Å². The van der Waals surface area contributed by atoms with E-state index in [1.807, 2.05) is 47.8 Å². The number of tetrazole rings is 1. The molecule has 0 amide bonds. The van der Waals surface area contributed by atoms with Crippen LogP contribution in [0.1, 0.15) is 36.0 Å². The lowest BCUT2D eigenvalue weighted by Gasteiger charge is -2.36. The highest BCUT2D eigenvalue weighted by Gasteiger charge is 2.36. The molecule has 0 N–H and O–H groups in total. The molecule has 190 valence electrons. The molecule has 0 aliphatic heterocycles. The van der Waals surface area contributed by atoms with Crippen molar-refractivity contribution in [2.75, 3.05) is 6.61 Å². The summed E-state index contributed by atoms with van der Waals surface area (Å²) in [6, 6.07) is 13.4. The molecular weight excluding hydrogens is 502 g/mol. The standard InChI is InChI=1S/C26H29N7O2SSi/c1-26(2,3)37(4,5)35-14-13-32-30-24(29-31-32)19-9-6-8-18(16-19)21-11-12-27-25-20(17-28-33(21)25)23(34)22-10-7-15-36-22/h6-12,15-17H,13-14H2,1-5H3. The molecule has 9 nitrogen and oxygen atoms in total. The molecule has 5 rings (SSSR count). The Morgan fingerprint density at radius 2 is 1.92 bits per heavy atom. The molecule has 0 aliphatic carbocycles. The minimum absolute atomic E-state index is 0.0817. The van der Waals surface area contributed by atoms with Crippen molar-refractivity contribution < 1.29 is 9.22 Å². The van der Waals surface area contributed by atoms with Crippen LogP contribution >= 0.6 is 11.3 Å². The van der Waals surface area contributed by atoms with Crippen LogP contribution in [0.3, 0.4) is 0 Å². The van der Waals surface area contributed by atoms with Crippen LogP contribution in [0, 0.1) is 0 Å². The van der Waals surface area contributed by atoms with Gasteiger partial charge in [-0.2, -0.15) is 9.90 Å². The van der Waals surface area contributed by atoms with E-state index in [2.05, 4.69) is 59.4 Å². The van der Waals surface area contributed by atoms with Gasteiger partial charge in [-0.3, -0.25) is 4.79 Å². The summed E-state index contributed by atoms with van der Waals surface area (Å²) in [6.07, 6.45) is 3.28. The van der Waals surface area contributed by atoms with Gasteiger partial charge in [0.15, 0.2) is 14.0 Å². The monoisotopic (exact) mass is 531 g/mol. The number of carbonyl (C=O) groups is 1. The molecule has 0 fully saturated rings.